The minimum absolute atomic E-state index is 0.337. The molecule has 1 unspecified atom stereocenters. The first-order valence-corrected chi connectivity index (χ1v) is 7.09. The molecule has 0 bridgehead atoms. The van der Waals surface area contributed by atoms with Gasteiger partial charge in [-0.25, -0.2) is 9.59 Å². The van der Waals surface area contributed by atoms with Crippen molar-refractivity contribution < 1.29 is 14.7 Å². The first kappa shape index (κ1) is 15.3. The molecule has 2 rings (SSSR count). The minimum atomic E-state index is -0.950. The van der Waals surface area contributed by atoms with Crippen LogP contribution in [-0.2, 0) is 11.3 Å². The summed E-state index contributed by atoms with van der Waals surface area (Å²) in [6.07, 6.45) is 3.27. The maximum Gasteiger partial charge on any atom is 0.327 e. The Labute approximate surface area is 123 Å². The summed E-state index contributed by atoms with van der Waals surface area (Å²) in [6.45, 7) is 6.47. The number of hydrogen-bond acceptors (Lipinski definition) is 3. The molecule has 1 aliphatic rings. The summed E-state index contributed by atoms with van der Waals surface area (Å²) in [5.41, 5.74) is 1.36. The second-order valence-corrected chi connectivity index (χ2v) is 6.21. The monoisotopic (exact) mass is 294 g/mol. The molecule has 1 atom stereocenters. The van der Waals surface area contributed by atoms with Gasteiger partial charge in [-0.05, 0) is 25.2 Å². The summed E-state index contributed by atoms with van der Waals surface area (Å²) in [6, 6.07) is -1.13. The van der Waals surface area contributed by atoms with Crippen LogP contribution in [0.25, 0.3) is 0 Å². The smallest absolute Gasteiger partial charge is 0.327 e. The Morgan fingerprint density at radius 2 is 2.29 bits per heavy atom. The molecule has 0 aliphatic carbocycles. The van der Waals surface area contributed by atoms with Gasteiger partial charge in [-0.15, -0.1) is 0 Å². The molecule has 0 radical (unpaired) electrons. The SMILES string of the molecule is Cc1[nH]ncc1CNC(=O)N1CCCC(C)(C)C1C(=O)O. The zero-order chi connectivity index (χ0) is 15.6. The number of aromatic nitrogens is 2. The van der Waals surface area contributed by atoms with E-state index in [1.54, 1.807) is 6.20 Å². The lowest BCUT2D eigenvalue weighted by Gasteiger charge is -2.43. The fourth-order valence-corrected chi connectivity index (χ4v) is 2.91. The summed E-state index contributed by atoms with van der Waals surface area (Å²) in [4.78, 5) is 25.3. The van der Waals surface area contributed by atoms with Crippen molar-refractivity contribution in [1.29, 1.82) is 0 Å². The Bertz CT molecular complexity index is 538. The van der Waals surface area contributed by atoms with Gasteiger partial charge in [0.15, 0.2) is 0 Å². The highest BCUT2D eigenvalue weighted by Crippen LogP contribution is 2.35. The predicted molar refractivity (Wildman–Crippen MR) is 76.7 cm³/mol. The lowest BCUT2D eigenvalue weighted by Crippen LogP contribution is -2.58. The number of carboxylic acid groups (broad SMARTS) is 1. The molecule has 0 aromatic carbocycles. The number of nitrogens with zero attached hydrogens (tertiary/aromatic N) is 2. The second-order valence-electron chi connectivity index (χ2n) is 6.21. The second kappa shape index (κ2) is 5.75. The van der Waals surface area contributed by atoms with E-state index in [1.165, 1.54) is 4.90 Å². The molecular formula is C14H22N4O3. The third kappa shape index (κ3) is 3.17. The van der Waals surface area contributed by atoms with E-state index in [0.717, 1.165) is 24.1 Å². The normalized spacial score (nSPS) is 21.1. The van der Waals surface area contributed by atoms with Crippen LogP contribution in [0.2, 0.25) is 0 Å². The summed E-state index contributed by atoms with van der Waals surface area (Å²) in [7, 11) is 0. The van der Waals surface area contributed by atoms with Gasteiger partial charge in [0.2, 0.25) is 0 Å². The minimum Gasteiger partial charge on any atom is -0.480 e. The number of carbonyl (C=O) groups excluding carboxylic acids is 1. The van der Waals surface area contributed by atoms with E-state index in [-0.39, 0.29) is 6.03 Å². The number of piperidine rings is 1. The van der Waals surface area contributed by atoms with E-state index in [4.69, 9.17) is 0 Å². The number of carbonyl (C=O) groups is 2. The molecule has 1 aromatic heterocycles. The van der Waals surface area contributed by atoms with Gasteiger partial charge in [-0.3, -0.25) is 5.10 Å². The highest BCUT2D eigenvalue weighted by Gasteiger charge is 2.44. The maximum absolute atomic E-state index is 12.3. The van der Waals surface area contributed by atoms with Crippen LogP contribution in [-0.4, -0.2) is 44.8 Å². The van der Waals surface area contributed by atoms with Gasteiger partial charge in [0, 0.05) is 24.3 Å². The number of nitrogens with one attached hydrogen (secondary N) is 2. The Morgan fingerprint density at radius 1 is 1.57 bits per heavy atom. The van der Waals surface area contributed by atoms with Gasteiger partial charge < -0.3 is 15.3 Å². The van der Waals surface area contributed by atoms with Crippen LogP contribution in [0.15, 0.2) is 6.20 Å². The molecular weight excluding hydrogens is 272 g/mol. The largest absolute Gasteiger partial charge is 0.480 e. The molecule has 1 aliphatic heterocycles. The fourth-order valence-electron chi connectivity index (χ4n) is 2.91. The number of hydrogen-bond donors (Lipinski definition) is 3. The van der Waals surface area contributed by atoms with E-state index in [1.807, 2.05) is 20.8 Å². The standard InChI is InChI=1S/C14H22N4O3/c1-9-10(8-16-17-9)7-15-13(21)18-6-4-5-14(2,3)11(18)12(19)20/h8,11H,4-7H2,1-3H3,(H,15,21)(H,16,17)(H,19,20). The van der Waals surface area contributed by atoms with Crippen molar-refractivity contribution >= 4 is 12.0 Å². The van der Waals surface area contributed by atoms with Gasteiger partial charge in [0.05, 0.1) is 6.20 Å². The molecule has 7 heteroatoms. The third-order valence-corrected chi connectivity index (χ3v) is 4.13. The lowest BCUT2D eigenvalue weighted by atomic mass is 9.76. The molecule has 1 aromatic rings. The first-order valence-electron chi connectivity index (χ1n) is 7.09. The van der Waals surface area contributed by atoms with E-state index < -0.39 is 17.4 Å². The quantitative estimate of drug-likeness (QED) is 0.786. The van der Waals surface area contributed by atoms with Gasteiger partial charge >= 0.3 is 12.0 Å². The van der Waals surface area contributed by atoms with Gasteiger partial charge in [-0.2, -0.15) is 5.10 Å². The van der Waals surface area contributed by atoms with Crippen LogP contribution >= 0.6 is 0 Å². The van der Waals surface area contributed by atoms with Crippen LogP contribution in [0.1, 0.15) is 37.9 Å². The number of amides is 2. The van der Waals surface area contributed by atoms with E-state index >= 15 is 0 Å². The van der Waals surface area contributed by atoms with Crippen LogP contribution in [0.4, 0.5) is 4.79 Å². The van der Waals surface area contributed by atoms with Gasteiger partial charge in [0.25, 0.3) is 0 Å². The predicted octanol–water partition coefficient (Wildman–Crippen LogP) is 1.50. The summed E-state index contributed by atoms with van der Waals surface area (Å²) >= 11 is 0. The van der Waals surface area contributed by atoms with Crippen LogP contribution in [0.5, 0.6) is 0 Å². The van der Waals surface area contributed by atoms with E-state index in [9.17, 15) is 14.7 Å². The molecule has 1 fully saturated rings. The number of likely N-dealkylation sites (tertiary alicyclic amines) is 1. The average Bonchev–Trinajstić information content (AvgIpc) is 2.79. The van der Waals surface area contributed by atoms with Crippen LogP contribution in [0, 0.1) is 12.3 Å². The third-order valence-electron chi connectivity index (χ3n) is 4.13. The van der Waals surface area contributed by atoms with Gasteiger partial charge in [0.1, 0.15) is 6.04 Å². The fraction of sp³-hybridized carbons (Fsp3) is 0.643. The number of aromatic amines is 1. The Morgan fingerprint density at radius 3 is 2.86 bits per heavy atom. The van der Waals surface area contributed by atoms with Crippen molar-refractivity contribution in [3.63, 3.8) is 0 Å². The summed E-state index contributed by atoms with van der Waals surface area (Å²) < 4.78 is 0. The molecule has 3 N–H and O–H groups in total. The maximum atomic E-state index is 12.3. The molecule has 0 saturated carbocycles. The summed E-state index contributed by atoms with van der Waals surface area (Å²) in [5.74, 6) is -0.950. The van der Waals surface area contributed by atoms with Crippen LogP contribution in [0.3, 0.4) is 0 Å². The molecule has 1 saturated heterocycles. The van der Waals surface area contributed by atoms with Crippen molar-refractivity contribution in [3.05, 3.63) is 17.5 Å². The molecule has 2 amide bonds. The number of rotatable bonds is 3. The van der Waals surface area contributed by atoms with Crippen molar-refractivity contribution in [2.75, 3.05) is 6.54 Å². The summed E-state index contributed by atoms with van der Waals surface area (Å²) in [5, 5.41) is 18.9. The molecule has 7 nitrogen and oxygen atoms in total. The van der Waals surface area contributed by atoms with Crippen LogP contribution < -0.4 is 5.32 Å². The molecule has 2 heterocycles. The van der Waals surface area contributed by atoms with Crippen molar-refractivity contribution in [1.82, 2.24) is 20.4 Å². The number of aliphatic carboxylic acids is 1. The molecule has 21 heavy (non-hydrogen) atoms. The van der Waals surface area contributed by atoms with E-state index in [2.05, 4.69) is 15.5 Å². The number of H-pyrrole nitrogens is 1. The Hall–Kier alpha value is -2.05. The van der Waals surface area contributed by atoms with Crippen molar-refractivity contribution in [2.24, 2.45) is 5.41 Å². The number of carboxylic acids is 1. The zero-order valence-electron chi connectivity index (χ0n) is 12.6. The van der Waals surface area contributed by atoms with Gasteiger partial charge in [-0.1, -0.05) is 13.8 Å². The highest BCUT2D eigenvalue weighted by atomic mass is 16.4. The van der Waals surface area contributed by atoms with Crippen molar-refractivity contribution in [2.45, 2.75) is 46.2 Å². The highest BCUT2D eigenvalue weighted by molar-refractivity contribution is 5.83. The topological polar surface area (TPSA) is 98.3 Å². The number of aryl methyl sites for hydroxylation is 1. The molecule has 116 valence electrons. The van der Waals surface area contributed by atoms with Crippen molar-refractivity contribution in [3.8, 4) is 0 Å². The lowest BCUT2D eigenvalue weighted by molar-refractivity contribution is -0.148. The van der Waals surface area contributed by atoms with E-state index in [0.29, 0.717) is 13.1 Å². The number of urea groups is 1. The average molecular weight is 294 g/mol. The molecule has 0 spiro atoms. The first-order chi connectivity index (χ1) is 9.83. The Balaban J connectivity index is 2.06. The Kier molecular flexibility index (Phi) is 4.20. The zero-order valence-corrected chi connectivity index (χ0v) is 12.6.